The van der Waals surface area contributed by atoms with Crippen molar-refractivity contribution < 1.29 is 9.90 Å². The molecule has 2 rings (SSSR count). The van der Waals surface area contributed by atoms with E-state index in [0.29, 0.717) is 12.8 Å². The Hall–Kier alpha value is -0.610. The Kier molecular flexibility index (Phi) is 2.26. The van der Waals surface area contributed by atoms with Crippen LogP contribution in [0.3, 0.4) is 0 Å². The van der Waals surface area contributed by atoms with Crippen LogP contribution in [0.4, 0.5) is 0 Å². The van der Waals surface area contributed by atoms with Gasteiger partial charge >= 0.3 is 0 Å². The zero-order chi connectivity index (χ0) is 9.31. The Bertz CT molecular complexity index is 208. The van der Waals surface area contributed by atoms with Crippen molar-refractivity contribution in [2.45, 2.75) is 37.3 Å². The third-order valence-corrected chi connectivity index (χ3v) is 2.82. The second-order valence-electron chi connectivity index (χ2n) is 4.03. The Balaban J connectivity index is 1.79. The first-order chi connectivity index (χ1) is 6.21. The van der Waals surface area contributed by atoms with Gasteiger partial charge in [0.25, 0.3) is 5.91 Å². The van der Waals surface area contributed by atoms with Gasteiger partial charge in [0.2, 0.25) is 0 Å². The zero-order valence-corrected chi connectivity index (χ0v) is 7.68. The first-order valence-corrected chi connectivity index (χ1v) is 4.95. The highest BCUT2D eigenvalue weighted by atomic mass is 16.3. The second-order valence-corrected chi connectivity index (χ2v) is 4.03. The molecule has 13 heavy (non-hydrogen) atoms. The molecule has 2 fully saturated rings. The van der Waals surface area contributed by atoms with Crippen LogP contribution in [0, 0.1) is 0 Å². The third-order valence-electron chi connectivity index (χ3n) is 2.82. The SMILES string of the molecule is O=C(NC1CCNCC1)C1(O)CC1. The van der Waals surface area contributed by atoms with Gasteiger partial charge in [0, 0.05) is 6.04 Å². The van der Waals surface area contributed by atoms with Crippen LogP contribution in [-0.2, 0) is 4.79 Å². The van der Waals surface area contributed by atoms with Crippen molar-refractivity contribution in [3.05, 3.63) is 0 Å². The molecule has 0 spiro atoms. The maximum Gasteiger partial charge on any atom is 0.252 e. The summed E-state index contributed by atoms with van der Waals surface area (Å²) in [4.78, 5) is 11.4. The van der Waals surface area contributed by atoms with Crippen molar-refractivity contribution in [3.8, 4) is 0 Å². The van der Waals surface area contributed by atoms with Crippen molar-refractivity contribution in [2.75, 3.05) is 13.1 Å². The standard InChI is InChI=1S/C9H16N2O2/c12-8(9(13)3-4-9)11-7-1-5-10-6-2-7/h7,10,13H,1-6H2,(H,11,12). The summed E-state index contributed by atoms with van der Waals surface area (Å²) in [6, 6.07) is 0.262. The molecule has 4 heteroatoms. The van der Waals surface area contributed by atoms with Crippen LogP contribution in [0.15, 0.2) is 0 Å². The number of amides is 1. The van der Waals surface area contributed by atoms with E-state index in [1.165, 1.54) is 0 Å². The van der Waals surface area contributed by atoms with Crippen molar-refractivity contribution in [1.82, 2.24) is 10.6 Å². The van der Waals surface area contributed by atoms with Gasteiger partial charge in [0.15, 0.2) is 0 Å². The summed E-state index contributed by atoms with van der Waals surface area (Å²) < 4.78 is 0. The van der Waals surface area contributed by atoms with E-state index in [9.17, 15) is 9.90 Å². The van der Waals surface area contributed by atoms with E-state index in [0.717, 1.165) is 25.9 Å². The average Bonchev–Trinajstić information content (AvgIpc) is 2.87. The molecule has 1 saturated heterocycles. The Morgan fingerprint density at radius 1 is 1.38 bits per heavy atom. The predicted molar refractivity (Wildman–Crippen MR) is 48.2 cm³/mol. The van der Waals surface area contributed by atoms with Crippen molar-refractivity contribution in [3.63, 3.8) is 0 Å². The summed E-state index contributed by atoms with van der Waals surface area (Å²) in [6.07, 6.45) is 3.21. The molecule has 1 saturated carbocycles. The zero-order valence-electron chi connectivity index (χ0n) is 7.68. The maximum atomic E-state index is 11.4. The van der Waals surface area contributed by atoms with E-state index < -0.39 is 5.60 Å². The molecule has 1 aliphatic carbocycles. The van der Waals surface area contributed by atoms with Gasteiger partial charge in [-0.1, -0.05) is 0 Å². The number of hydrogen-bond donors (Lipinski definition) is 3. The van der Waals surface area contributed by atoms with E-state index in [2.05, 4.69) is 10.6 Å². The monoisotopic (exact) mass is 184 g/mol. The van der Waals surface area contributed by atoms with Gasteiger partial charge in [-0.3, -0.25) is 4.79 Å². The number of aliphatic hydroxyl groups is 1. The minimum atomic E-state index is -1.01. The van der Waals surface area contributed by atoms with Gasteiger partial charge in [0.1, 0.15) is 5.60 Å². The summed E-state index contributed by atoms with van der Waals surface area (Å²) in [6.45, 7) is 1.92. The van der Waals surface area contributed by atoms with Crippen molar-refractivity contribution in [1.29, 1.82) is 0 Å². The number of rotatable bonds is 2. The molecule has 0 radical (unpaired) electrons. The lowest BCUT2D eigenvalue weighted by Gasteiger charge is -2.24. The normalized spacial score (nSPS) is 26.8. The molecule has 0 bridgehead atoms. The van der Waals surface area contributed by atoms with Crippen LogP contribution in [0.5, 0.6) is 0 Å². The fourth-order valence-corrected chi connectivity index (χ4v) is 1.63. The highest BCUT2D eigenvalue weighted by Crippen LogP contribution is 2.35. The van der Waals surface area contributed by atoms with E-state index in [4.69, 9.17) is 0 Å². The summed E-state index contributed by atoms with van der Waals surface area (Å²) in [5.74, 6) is -0.167. The third kappa shape index (κ3) is 2.00. The molecule has 1 heterocycles. The number of carbonyl (C=O) groups excluding carboxylic acids is 1. The lowest BCUT2D eigenvalue weighted by Crippen LogP contribution is -2.47. The summed E-state index contributed by atoms with van der Waals surface area (Å²) in [7, 11) is 0. The molecule has 0 aromatic rings. The number of hydrogen-bond acceptors (Lipinski definition) is 3. The summed E-state index contributed by atoms with van der Waals surface area (Å²) >= 11 is 0. The number of nitrogens with one attached hydrogen (secondary N) is 2. The Morgan fingerprint density at radius 2 is 2.00 bits per heavy atom. The molecular weight excluding hydrogens is 168 g/mol. The molecule has 1 amide bonds. The molecule has 0 aromatic carbocycles. The van der Waals surface area contributed by atoms with Gasteiger partial charge in [0.05, 0.1) is 0 Å². The van der Waals surface area contributed by atoms with Crippen molar-refractivity contribution >= 4 is 5.91 Å². The average molecular weight is 184 g/mol. The molecule has 74 valence electrons. The van der Waals surface area contributed by atoms with Gasteiger partial charge in [-0.15, -0.1) is 0 Å². The topological polar surface area (TPSA) is 61.4 Å². The molecule has 2 aliphatic rings. The first-order valence-electron chi connectivity index (χ1n) is 4.95. The molecule has 0 aromatic heterocycles. The molecule has 3 N–H and O–H groups in total. The lowest BCUT2D eigenvalue weighted by atomic mass is 10.1. The van der Waals surface area contributed by atoms with Crippen LogP contribution < -0.4 is 10.6 Å². The number of carbonyl (C=O) groups is 1. The van der Waals surface area contributed by atoms with Gasteiger partial charge < -0.3 is 15.7 Å². The molecule has 1 aliphatic heterocycles. The maximum absolute atomic E-state index is 11.4. The second kappa shape index (κ2) is 3.27. The first kappa shape index (κ1) is 8.97. The minimum Gasteiger partial charge on any atom is -0.380 e. The van der Waals surface area contributed by atoms with Crippen LogP contribution in [0.25, 0.3) is 0 Å². The smallest absolute Gasteiger partial charge is 0.252 e. The van der Waals surface area contributed by atoms with Gasteiger partial charge in [-0.2, -0.15) is 0 Å². The summed E-state index contributed by atoms with van der Waals surface area (Å²) in [5.41, 5.74) is -1.01. The highest BCUT2D eigenvalue weighted by Gasteiger charge is 2.48. The van der Waals surface area contributed by atoms with E-state index >= 15 is 0 Å². The van der Waals surface area contributed by atoms with E-state index in [1.54, 1.807) is 0 Å². The highest BCUT2D eigenvalue weighted by molar-refractivity contribution is 5.87. The van der Waals surface area contributed by atoms with Gasteiger partial charge in [-0.25, -0.2) is 0 Å². The van der Waals surface area contributed by atoms with Crippen molar-refractivity contribution in [2.24, 2.45) is 0 Å². The Morgan fingerprint density at radius 3 is 2.54 bits per heavy atom. The molecule has 0 atom stereocenters. The lowest BCUT2D eigenvalue weighted by molar-refractivity contribution is -0.132. The Labute approximate surface area is 77.7 Å². The van der Waals surface area contributed by atoms with Crippen LogP contribution >= 0.6 is 0 Å². The van der Waals surface area contributed by atoms with Crippen LogP contribution in [0.2, 0.25) is 0 Å². The molecule has 4 nitrogen and oxygen atoms in total. The molecular formula is C9H16N2O2. The van der Waals surface area contributed by atoms with Crippen LogP contribution in [0.1, 0.15) is 25.7 Å². The quantitative estimate of drug-likeness (QED) is 0.536. The van der Waals surface area contributed by atoms with Gasteiger partial charge in [-0.05, 0) is 38.8 Å². The molecule has 0 unspecified atom stereocenters. The minimum absolute atomic E-state index is 0.167. The summed E-state index contributed by atoms with van der Waals surface area (Å²) in [5, 5.41) is 15.6. The van der Waals surface area contributed by atoms with Crippen LogP contribution in [-0.4, -0.2) is 35.7 Å². The largest absolute Gasteiger partial charge is 0.380 e. The fraction of sp³-hybridized carbons (Fsp3) is 0.889. The van der Waals surface area contributed by atoms with E-state index in [1.807, 2.05) is 0 Å². The predicted octanol–water partition coefficient (Wildman–Crippen LogP) is -0.621. The fourth-order valence-electron chi connectivity index (χ4n) is 1.63. The number of piperidine rings is 1. The van der Waals surface area contributed by atoms with E-state index in [-0.39, 0.29) is 11.9 Å².